The molecule has 0 saturated carbocycles. The lowest BCUT2D eigenvalue weighted by Gasteiger charge is -2.05. The predicted octanol–water partition coefficient (Wildman–Crippen LogP) is 3.75. The molecule has 3 aromatic rings. The largest absolute Gasteiger partial charge is 0.354 e. The zero-order valence-electron chi connectivity index (χ0n) is 13.5. The highest BCUT2D eigenvalue weighted by Gasteiger charge is 2.04. The molecular weight excluding hydrogens is 318 g/mol. The van der Waals surface area contributed by atoms with Crippen LogP contribution in [0.3, 0.4) is 0 Å². The second-order valence-electron chi connectivity index (χ2n) is 5.63. The summed E-state index contributed by atoms with van der Waals surface area (Å²) in [5, 5.41) is 9.54. The molecule has 0 unspecified atom stereocenters. The zero-order valence-corrected chi connectivity index (χ0v) is 14.3. The third kappa shape index (κ3) is 4.80. The summed E-state index contributed by atoms with van der Waals surface area (Å²) in [5.74, 6) is 0.108. The molecule has 124 valence electrons. The van der Waals surface area contributed by atoms with E-state index in [1.165, 1.54) is 10.4 Å². The first-order valence-corrected chi connectivity index (χ1v) is 9.07. The number of hydrogen-bond acceptors (Lipinski definition) is 3. The van der Waals surface area contributed by atoms with Gasteiger partial charge in [-0.25, -0.2) is 0 Å². The van der Waals surface area contributed by atoms with Gasteiger partial charge in [0.25, 0.3) is 0 Å². The van der Waals surface area contributed by atoms with Gasteiger partial charge in [0.1, 0.15) is 5.69 Å². The molecule has 5 heteroatoms. The van der Waals surface area contributed by atoms with Gasteiger partial charge in [0.15, 0.2) is 0 Å². The van der Waals surface area contributed by atoms with E-state index >= 15 is 0 Å². The van der Waals surface area contributed by atoms with Gasteiger partial charge in [-0.2, -0.15) is 5.10 Å². The van der Waals surface area contributed by atoms with Crippen molar-refractivity contribution in [2.45, 2.75) is 25.8 Å². The molecule has 1 aromatic carbocycles. The predicted molar refractivity (Wildman–Crippen MR) is 97.9 cm³/mol. The smallest absolute Gasteiger partial charge is 0.220 e. The molecule has 0 fully saturated rings. The molecular formula is C19H21N3OS. The minimum absolute atomic E-state index is 0.108. The van der Waals surface area contributed by atoms with Gasteiger partial charge < -0.3 is 5.32 Å². The lowest BCUT2D eigenvalue weighted by atomic mass is 10.1. The number of carbonyl (C=O) groups is 1. The number of thiophene rings is 1. The van der Waals surface area contributed by atoms with E-state index in [-0.39, 0.29) is 5.91 Å². The Bertz CT molecular complexity index is 750. The monoisotopic (exact) mass is 339 g/mol. The summed E-state index contributed by atoms with van der Waals surface area (Å²) in [5.41, 5.74) is 2.27. The van der Waals surface area contributed by atoms with E-state index in [9.17, 15) is 4.79 Å². The maximum absolute atomic E-state index is 11.9. The topological polar surface area (TPSA) is 46.9 Å². The average Bonchev–Trinajstić information content (AvgIpc) is 3.27. The first-order chi connectivity index (χ1) is 11.8. The van der Waals surface area contributed by atoms with Gasteiger partial charge in [0.05, 0.1) is 11.4 Å². The van der Waals surface area contributed by atoms with Gasteiger partial charge in [0, 0.05) is 19.2 Å². The highest BCUT2D eigenvalue weighted by molar-refractivity contribution is 7.13. The van der Waals surface area contributed by atoms with E-state index in [1.54, 1.807) is 11.3 Å². The quantitative estimate of drug-likeness (QED) is 0.679. The van der Waals surface area contributed by atoms with Crippen LogP contribution in [-0.2, 0) is 17.8 Å². The second-order valence-corrected chi connectivity index (χ2v) is 6.58. The van der Waals surface area contributed by atoms with Gasteiger partial charge in [0.2, 0.25) is 5.91 Å². The Hall–Kier alpha value is -2.40. The van der Waals surface area contributed by atoms with E-state index in [0.717, 1.165) is 18.5 Å². The van der Waals surface area contributed by atoms with Crippen molar-refractivity contribution in [2.24, 2.45) is 0 Å². The average molecular weight is 339 g/mol. The minimum atomic E-state index is 0.108. The van der Waals surface area contributed by atoms with E-state index in [2.05, 4.69) is 28.6 Å². The fourth-order valence-corrected chi connectivity index (χ4v) is 3.23. The molecule has 2 aromatic heterocycles. The van der Waals surface area contributed by atoms with Gasteiger partial charge in [-0.05, 0) is 35.9 Å². The molecule has 0 aliphatic rings. The Kier molecular flexibility index (Phi) is 5.80. The van der Waals surface area contributed by atoms with E-state index in [0.29, 0.717) is 19.5 Å². The molecule has 0 atom stereocenters. The van der Waals surface area contributed by atoms with Crippen LogP contribution >= 0.6 is 11.3 Å². The number of nitrogens with one attached hydrogen (secondary N) is 1. The number of nitrogens with zero attached hydrogens (tertiary/aromatic N) is 2. The molecule has 0 radical (unpaired) electrons. The summed E-state index contributed by atoms with van der Waals surface area (Å²) >= 11 is 1.68. The lowest BCUT2D eigenvalue weighted by Crippen LogP contribution is -2.27. The fourth-order valence-electron chi connectivity index (χ4n) is 2.54. The number of carbonyl (C=O) groups excluding carboxylic acids is 1. The molecule has 4 nitrogen and oxygen atoms in total. The maximum Gasteiger partial charge on any atom is 0.220 e. The van der Waals surface area contributed by atoms with Crippen LogP contribution < -0.4 is 5.32 Å². The number of hydrogen-bond donors (Lipinski definition) is 1. The van der Waals surface area contributed by atoms with Gasteiger partial charge in [-0.3, -0.25) is 9.48 Å². The van der Waals surface area contributed by atoms with Crippen LogP contribution in [0.25, 0.3) is 10.6 Å². The fraction of sp³-hybridized carbons (Fsp3) is 0.263. The van der Waals surface area contributed by atoms with Crippen LogP contribution in [0.5, 0.6) is 0 Å². The molecule has 0 saturated heterocycles. The van der Waals surface area contributed by atoms with Crippen molar-refractivity contribution in [3.05, 3.63) is 65.7 Å². The van der Waals surface area contributed by atoms with Gasteiger partial charge >= 0.3 is 0 Å². The normalized spacial score (nSPS) is 10.7. The Morgan fingerprint density at radius 3 is 2.79 bits per heavy atom. The molecule has 24 heavy (non-hydrogen) atoms. The summed E-state index contributed by atoms with van der Waals surface area (Å²) in [6.07, 6.45) is 4.34. The first kappa shape index (κ1) is 16.5. The van der Waals surface area contributed by atoms with Crippen molar-refractivity contribution in [2.75, 3.05) is 6.54 Å². The SMILES string of the molecule is O=C(CCCc1ccccc1)NCCn1ccc(-c2cccs2)n1. The van der Waals surface area contributed by atoms with Crippen LogP contribution in [0.2, 0.25) is 0 Å². The Morgan fingerprint density at radius 1 is 1.12 bits per heavy atom. The third-order valence-electron chi connectivity index (χ3n) is 3.79. The molecule has 0 aliphatic carbocycles. The highest BCUT2D eigenvalue weighted by atomic mass is 32.1. The van der Waals surface area contributed by atoms with Crippen molar-refractivity contribution >= 4 is 17.2 Å². The molecule has 0 bridgehead atoms. The number of aromatic nitrogens is 2. The highest BCUT2D eigenvalue weighted by Crippen LogP contribution is 2.22. The lowest BCUT2D eigenvalue weighted by molar-refractivity contribution is -0.121. The van der Waals surface area contributed by atoms with E-state index in [4.69, 9.17) is 0 Å². The van der Waals surface area contributed by atoms with Crippen molar-refractivity contribution in [1.82, 2.24) is 15.1 Å². The van der Waals surface area contributed by atoms with Gasteiger partial charge in [-0.1, -0.05) is 36.4 Å². The Morgan fingerprint density at radius 2 is 2.00 bits per heavy atom. The summed E-state index contributed by atoms with van der Waals surface area (Å²) < 4.78 is 1.87. The number of benzene rings is 1. The summed E-state index contributed by atoms with van der Waals surface area (Å²) in [6, 6.07) is 16.4. The Balaban J connectivity index is 1.35. The molecule has 1 amide bonds. The molecule has 0 spiro atoms. The number of amides is 1. The summed E-state index contributed by atoms with van der Waals surface area (Å²) in [4.78, 5) is 13.0. The van der Waals surface area contributed by atoms with Crippen LogP contribution in [0, 0.1) is 0 Å². The standard InChI is InChI=1S/C19H21N3OS/c23-19(10-4-8-16-6-2-1-3-7-16)20-12-14-22-13-11-17(21-22)18-9-5-15-24-18/h1-3,5-7,9,11,13,15H,4,8,10,12,14H2,(H,20,23). The molecule has 2 heterocycles. The molecule has 0 aliphatic heterocycles. The van der Waals surface area contributed by atoms with E-state index < -0.39 is 0 Å². The second kappa shape index (κ2) is 8.45. The van der Waals surface area contributed by atoms with Crippen LogP contribution in [0.1, 0.15) is 18.4 Å². The number of aryl methyl sites for hydroxylation is 1. The van der Waals surface area contributed by atoms with Crippen molar-refractivity contribution < 1.29 is 4.79 Å². The van der Waals surface area contributed by atoms with Crippen molar-refractivity contribution in [3.8, 4) is 10.6 Å². The summed E-state index contributed by atoms with van der Waals surface area (Å²) in [7, 11) is 0. The third-order valence-corrected chi connectivity index (χ3v) is 4.68. The van der Waals surface area contributed by atoms with Gasteiger partial charge in [-0.15, -0.1) is 11.3 Å². The maximum atomic E-state index is 11.9. The number of rotatable bonds is 8. The van der Waals surface area contributed by atoms with Crippen LogP contribution in [0.4, 0.5) is 0 Å². The van der Waals surface area contributed by atoms with Crippen molar-refractivity contribution in [1.29, 1.82) is 0 Å². The summed E-state index contributed by atoms with van der Waals surface area (Å²) in [6.45, 7) is 1.30. The van der Waals surface area contributed by atoms with Crippen molar-refractivity contribution in [3.63, 3.8) is 0 Å². The molecule has 1 N–H and O–H groups in total. The van der Waals surface area contributed by atoms with Crippen LogP contribution in [-0.4, -0.2) is 22.2 Å². The zero-order chi connectivity index (χ0) is 16.6. The van der Waals surface area contributed by atoms with E-state index in [1.807, 2.05) is 46.6 Å². The first-order valence-electron chi connectivity index (χ1n) is 8.19. The minimum Gasteiger partial charge on any atom is -0.354 e. The Labute approximate surface area is 146 Å². The van der Waals surface area contributed by atoms with Crippen LogP contribution in [0.15, 0.2) is 60.1 Å². The molecule has 3 rings (SSSR count).